The van der Waals surface area contributed by atoms with Crippen LogP contribution in [0.1, 0.15) is 123 Å². The number of benzene rings is 1. The molecule has 3 rings (SSSR count). The topological polar surface area (TPSA) is 324 Å². The van der Waals surface area contributed by atoms with Gasteiger partial charge >= 0.3 is 17.9 Å². The third-order valence-electron chi connectivity index (χ3n) is 11.5. The number of rotatable bonds is 25. The lowest BCUT2D eigenvalue weighted by Gasteiger charge is -2.38. The summed E-state index contributed by atoms with van der Waals surface area (Å²) in [4.78, 5) is 144. The highest BCUT2D eigenvalue weighted by atomic mass is 16.4. The Labute approximate surface area is 377 Å². The van der Waals surface area contributed by atoms with Crippen LogP contribution in [0.4, 0.5) is 0 Å². The van der Waals surface area contributed by atoms with Crippen LogP contribution in [0.3, 0.4) is 0 Å². The van der Waals surface area contributed by atoms with Gasteiger partial charge in [0.25, 0.3) is 5.91 Å². The van der Waals surface area contributed by atoms with Gasteiger partial charge in [-0.2, -0.15) is 0 Å². The van der Waals surface area contributed by atoms with E-state index in [1.54, 1.807) is 51.1 Å². The van der Waals surface area contributed by atoms with Gasteiger partial charge < -0.3 is 52.1 Å². The zero-order valence-corrected chi connectivity index (χ0v) is 37.3. The van der Waals surface area contributed by atoms with Gasteiger partial charge in [0.1, 0.15) is 36.8 Å². The van der Waals surface area contributed by atoms with E-state index in [9.17, 15) is 53.1 Å². The molecule has 5 unspecified atom stereocenters. The molecule has 65 heavy (non-hydrogen) atoms. The van der Waals surface area contributed by atoms with Crippen LogP contribution in [0.2, 0.25) is 0 Å². The summed E-state index contributed by atoms with van der Waals surface area (Å²) in [6, 6.07) is 0.278. The quantitative estimate of drug-likeness (QED) is 0.0611. The van der Waals surface area contributed by atoms with Crippen molar-refractivity contribution in [2.75, 3.05) is 6.54 Å². The molecule has 0 radical (unpaired) electrons. The van der Waals surface area contributed by atoms with Crippen molar-refractivity contribution >= 4 is 65.0 Å². The van der Waals surface area contributed by atoms with Crippen molar-refractivity contribution < 1.29 is 68.1 Å². The number of carboxylic acid groups (broad SMARTS) is 3. The van der Waals surface area contributed by atoms with Crippen LogP contribution in [0, 0.1) is 11.8 Å². The van der Waals surface area contributed by atoms with Crippen molar-refractivity contribution in [3.63, 3.8) is 0 Å². The molecule has 2 fully saturated rings. The largest absolute Gasteiger partial charge is 0.481 e. The normalized spacial score (nSPS) is 18.4. The average molecular weight is 914 g/mol. The predicted molar refractivity (Wildman–Crippen MR) is 230 cm³/mol. The van der Waals surface area contributed by atoms with Crippen molar-refractivity contribution in [1.82, 2.24) is 36.8 Å². The zero-order chi connectivity index (χ0) is 48.4. The Balaban J connectivity index is 1.98. The lowest BCUT2D eigenvalue weighted by molar-refractivity contribution is -0.146. The van der Waals surface area contributed by atoms with E-state index < -0.39 is 145 Å². The smallest absolute Gasteiger partial charge is 0.322 e. The van der Waals surface area contributed by atoms with E-state index >= 15 is 4.79 Å². The molecule has 1 aliphatic heterocycles. The first kappa shape index (κ1) is 52.9. The van der Waals surface area contributed by atoms with Gasteiger partial charge in [0, 0.05) is 19.8 Å². The third kappa shape index (κ3) is 16.3. The first-order chi connectivity index (χ1) is 30.7. The number of amides is 7. The minimum Gasteiger partial charge on any atom is -0.481 e. The molecule has 1 heterocycles. The van der Waals surface area contributed by atoms with E-state index in [1.807, 2.05) is 5.32 Å². The molecule has 0 aromatic heterocycles. The number of likely N-dealkylation sites (tertiary alicyclic amines) is 1. The molecule has 21 heteroatoms. The Kier molecular flexibility index (Phi) is 21.0. The lowest BCUT2D eigenvalue weighted by Crippen LogP contribution is -2.62. The summed E-state index contributed by atoms with van der Waals surface area (Å²) in [5, 5.41) is 42.4. The van der Waals surface area contributed by atoms with Gasteiger partial charge in [-0.25, -0.2) is 0 Å². The highest BCUT2D eigenvalue weighted by Crippen LogP contribution is 2.39. The number of carbonyl (C=O) groups is 11. The molecule has 0 bridgehead atoms. The average Bonchev–Trinajstić information content (AvgIpc) is 3.71. The number of ketones is 1. The van der Waals surface area contributed by atoms with E-state index in [2.05, 4.69) is 26.6 Å². The highest BCUT2D eigenvalue weighted by Gasteiger charge is 2.47. The van der Waals surface area contributed by atoms with Gasteiger partial charge in [0.15, 0.2) is 0 Å². The number of Topliss-reactive ketones (excluding diaryl/α,β-unsaturated/α-hetero) is 1. The summed E-state index contributed by atoms with van der Waals surface area (Å²) in [5.74, 6) is -11.9. The summed E-state index contributed by atoms with van der Waals surface area (Å²) >= 11 is 0. The Hall–Kier alpha value is -6.41. The van der Waals surface area contributed by atoms with Crippen molar-refractivity contribution in [2.24, 2.45) is 11.8 Å². The summed E-state index contributed by atoms with van der Waals surface area (Å²) in [5.41, 5.74) is 0.699. The van der Waals surface area contributed by atoms with Gasteiger partial charge in [-0.3, -0.25) is 52.7 Å². The van der Waals surface area contributed by atoms with Crippen LogP contribution >= 0.6 is 0 Å². The molecule has 2 aliphatic rings. The van der Waals surface area contributed by atoms with Crippen molar-refractivity contribution in [2.45, 2.75) is 153 Å². The summed E-state index contributed by atoms with van der Waals surface area (Å²) in [6.07, 6.45) is 2.42. The molecule has 1 aromatic rings. The first-order valence-electron chi connectivity index (χ1n) is 22.1. The lowest BCUT2D eigenvalue weighted by atomic mass is 9.82. The van der Waals surface area contributed by atoms with Crippen molar-refractivity contribution in [3.8, 4) is 0 Å². The molecular formula is C44H63N7O14. The molecule has 0 spiro atoms. The fourth-order valence-corrected chi connectivity index (χ4v) is 8.24. The minimum atomic E-state index is -1.55. The van der Waals surface area contributed by atoms with Crippen molar-refractivity contribution in [3.05, 3.63) is 35.9 Å². The maximum Gasteiger partial charge on any atom is 0.322 e. The molecule has 7 amide bonds. The molecule has 1 saturated carbocycles. The number of nitrogens with one attached hydrogen (secondary N) is 6. The number of carbonyl (C=O) groups excluding carboxylic acids is 8. The number of hydrogen-bond acceptors (Lipinski definition) is 11. The zero-order valence-electron chi connectivity index (χ0n) is 37.3. The number of hydrogen-bond donors (Lipinski definition) is 9. The fourth-order valence-electron chi connectivity index (χ4n) is 8.24. The molecule has 21 nitrogen and oxygen atoms in total. The first-order valence-corrected chi connectivity index (χ1v) is 22.1. The molecule has 9 N–H and O–H groups in total. The maximum atomic E-state index is 15.2. The Bertz CT molecular complexity index is 1900. The second-order valence-corrected chi connectivity index (χ2v) is 16.8. The Morgan fingerprint density at radius 3 is 1.78 bits per heavy atom. The monoisotopic (exact) mass is 913 g/mol. The van der Waals surface area contributed by atoms with Gasteiger partial charge in [-0.1, -0.05) is 76.8 Å². The van der Waals surface area contributed by atoms with Crippen LogP contribution in [-0.4, -0.2) is 128 Å². The number of aliphatic carboxylic acids is 3. The Morgan fingerprint density at radius 1 is 0.662 bits per heavy atom. The van der Waals surface area contributed by atoms with E-state index in [0.29, 0.717) is 31.2 Å². The summed E-state index contributed by atoms with van der Waals surface area (Å²) < 4.78 is 0. The molecular weight excluding hydrogens is 851 g/mol. The minimum absolute atomic E-state index is 0.0400. The molecule has 7 atom stereocenters. The predicted octanol–water partition coefficient (Wildman–Crippen LogP) is 0.699. The highest BCUT2D eigenvalue weighted by molar-refractivity contribution is 6.38. The van der Waals surface area contributed by atoms with Gasteiger partial charge in [-0.15, -0.1) is 0 Å². The van der Waals surface area contributed by atoms with Crippen molar-refractivity contribution in [1.29, 1.82) is 0 Å². The summed E-state index contributed by atoms with van der Waals surface area (Å²) in [7, 11) is 0. The maximum absolute atomic E-state index is 15.2. The second kappa shape index (κ2) is 25.8. The van der Waals surface area contributed by atoms with Gasteiger partial charge in [0.2, 0.25) is 41.2 Å². The van der Waals surface area contributed by atoms with Crippen LogP contribution < -0.4 is 31.9 Å². The third-order valence-corrected chi connectivity index (χ3v) is 11.5. The van der Waals surface area contributed by atoms with Gasteiger partial charge in [0.05, 0.1) is 12.1 Å². The molecule has 1 saturated heterocycles. The summed E-state index contributed by atoms with van der Waals surface area (Å²) in [6.45, 7) is 5.26. The van der Waals surface area contributed by atoms with Crippen LogP contribution in [0.25, 0.3) is 0 Å². The van der Waals surface area contributed by atoms with Crippen LogP contribution in [0.5, 0.6) is 0 Å². The van der Waals surface area contributed by atoms with E-state index in [-0.39, 0.29) is 19.3 Å². The van der Waals surface area contributed by atoms with Crippen LogP contribution in [-0.2, 0) is 52.7 Å². The van der Waals surface area contributed by atoms with E-state index in [1.165, 1.54) is 4.90 Å². The van der Waals surface area contributed by atoms with E-state index in [4.69, 9.17) is 10.2 Å². The molecule has 1 aliphatic carbocycles. The van der Waals surface area contributed by atoms with Crippen LogP contribution in [0.15, 0.2) is 30.3 Å². The Morgan fingerprint density at radius 2 is 1.25 bits per heavy atom. The second-order valence-electron chi connectivity index (χ2n) is 16.8. The standard InChI is InChI=1S/C44H63N7O14/c1-5-12-28(38(59)43(64)45-23-35(57)58)47-41(62)32-20-19-31(26-13-8-6-9-14-26)51(32)44(65)37(27-15-10-7-11-16-27)50-42(63)36(24(2)3)49-40(61)30(18-22-34(55)56)48-39(60)29(46-25(4)52)17-21-33(53)54/h6,8-9,13-14,24,27-32,36-37H,5,7,10-12,15-23H2,1-4H3,(H,45,64)(H,46,52)(H,47,62)(H,48,60)(H,49,61)(H,50,63)(H,53,54)(H,55,56)(H,57,58)/t28?,29?,30?,31-,32+,36?,37?/m1/s1. The molecule has 358 valence electrons. The van der Waals surface area contributed by atoms with Gasteiger partial charge in [-0.05, 0) is 62.3 Å². The SMILES string of the molecule is CCCC(NC(=O)[C@@H]1CC[C@H](c2ccccc2)N1C(=O)C(NC(=O)C(NC(=O)C(CCC(=O)O)NC(=O)C(CCC(=O)O)NC(C)=O)C(C)C)C1CCCCC1)C(=O)C(=O)NCC(=O)O. The fraction of sp³-hybridized carbons (Fsp3) is 0.614. The number of carboxylic acids is 3. The number of nitrogens with zero attached hydrogens (tertiary/aromatic N) is 1. The molecule has 1 aromatic carbocycles. The van der Waals surface area contributed by atoms with E-state index in [0.717, 1.165) is 26.2 Å².